The van der Waals surface area contributed by atoms with E-state index >= 15 is 0 Å². The van der Waals surface area contributed by atoms with Gasteiger partial charge in [-0.1, -0.05) is 36.4 Å². The van der Waals surface area contributed by atoms with Crippen LogP contribution >= 0.6 is 24.1 Å². The molecule has 18 heavy (non-hydrogen) atoms. The summed E-state index contributed by atoms with van der Waals surface area (Å²) in [7, 11) is 0. The number of rotatable bonds is 0. The van der Waals surface area contributed by atoms with Gasteiger partial charge in [-0.15, -0.1) is 0 Å². The second-order valence-corrected chi connectivity index (χ2v) is 5.29. The Hall–Kier alpha value is -1.26. The first kappa shape index (κ1) is 11.8. The Morgan fingerprint density at radius 3 is 1.56 bits per heavy atom. The highest BCUT2D eigenvalue weighted by Crippen LogP contribution is 2.33. The Bertz CT molecular complexity index is 447. The average Bonchev–Trinajstić information content (AvgIpc) is 3.08. The van der Waals surface area contributed by atoms with Crippen molar-refractivity contribution in [3.63, 3.8) is 0 Å². The molecule has 4 heteroatoms. The fourth-order valence-electron chi connectivity index (χ4n) is 1.72. The van der Waals surface area contributed by atoms with Gasteiger partial charge in [-0.3, -0.25) is 0 Å². The first-order chi connectivity index (χ1) is 8.93. The van der Waals surface area contributed by atoms with Crippen LogP contribution in [0.15, 0.2) is 48.5 Å². The van der Waals surface area contributed by atoms with Crippen LogP contribution < -0.4 is 8.37 Å². The average molecular weight is 276 g/mol. The highest BCUT2D eigenvalue weighted by molar-refractivity contribution is 7.94. The molecule has 4 rings (SSSR count). The van der Waals surface area contributed by atoms with E-state index in [0.29, 0.717) is 0 Å². The summed E-state index contributed by atoms with van der Waals surface area (Å²) in [6.07, 6.45) is 0. The number of hydrogen-bond donors (Lipinski definition) is 0. The molecule has 0 aliphatic carbocycles. The minimum atomic E-state index is 0.996. The molecule has 0 radical (unpaired) electrons. The van der Waals surface area contributed by atoms with E-state index in [-0.39, 0.29) is 0 Å². The molecule has 2 aliphatic heterocycles. The Morgan fingerprint density at radius 2 is 1.11 bits per heavy atom. The summed E-state index contributed by atoms with van der Waals surface area (Å²) >= 11 is 3.01. The van der Waals surface area contributed by atoms with Crippen LogP contribution in [0.1, 0.15) is 11.1 Å². The molecule has 0 fully saturated rings. The second kappa shape index (κ2) is 5.59. The first-order valence-corrected chi connectivity index (χ1v) is 7.50. The van der Waals surface area contributed by atoms with E-state index in [1.807, 2.05) is 36.4 Å². The molecule has 0 spiro atoms. The van der Waals surface area contributed by atoms with Crippen LogP contribution in [0, 0.1) is 0 Å². The van der Waals surface area contributed by atoms with Crippen LogP contribution in [0.25, 0.3) is 0 Å². The zero-order valence-electron chi connectivity index (χ0n) is 9.67. The van der Waals surface area contributed by atoms with Crippen molar-refractivity contribution in [2.45, 2.75) is 11.5 Å². The number of para-hydroxylation sites is 2. The predicted molar refractivity (Wildman–Crippen MR) is 76.7 cm³/mol. The van der Waals surface area contributed by atoms with Gasteiger partial charge in [0.1, 0.15) is 11.5 Å². The standard InChI is InChI=1S/2C7H6OS/c2*1-2-4-7-6(3-1)5-9-8-7/h2*1-4H,5H2. The number of hydrogen-bond acceptors (Lipinski definition) is 4. The van der Waals surface area contributed by atoms with Gasteiger partial charge in [-0.25, -0.2) is 0 Å². The molecule has 2 aliphatic rings. The van der Waals surface area contributed by atoms with E-state index in [9.17, 15) is 0 Å². The van der Waals surface area contributed by atoms with Crippen LogP contribution in [0.5, 0.6) is 11.5 Å². The lowest BCUT2D eigenvalue weighted by atomic mass is 10.2. The van der Waals surface area contributed by atoms with Gasteiger partial charge in [0.15, 0.2) is 0 Å². The van der Waals surface area contributed by atoms with Crippen molar-refractivity contribution in [2.75, 3.05) is 0 Å². The number of fused-ring (bicyclic) bond motifs is 2. The molecule has 0 bridgehead atoms. The van der Waals surface area contributed by atoms with E-state index in [0.717, 1.165) is 23.0 Å². The highest BCUT2D eigenvalue weighted by atomic mass is 32.2. The van der Waals surface area contributed by atoms with Gasteiger partial charge in [0, 0.05) is 11.1 Å². The molecular weight excluding hydrogens is 264 g/mol. The molecule has 0 amide bonds. The molecule has 2 aromatic carbocycles. The van der Waals surface area contributed by atoms with Gasteiger partial charge in [0.25, 0.3) is 0 Å². The molecule has 2 nitrogen and oxygen atoms in total. The fourth-order valence-corrected chi connectivity index (χ4v) is 3.15. The Morgan fingerprint density at radius 1 is 0.667 bits per heavy atom. The zero-order chi connectivity index (χ0) is 12.2. The monoisotopic (exact) mass is 276 g/mol. The highest BCUT2D eigenvalue weighted by Gasteiger charge is 2.10. The van der Waals surface area contributed by atoms with Gasteiger partial charge in [-0.05, 0) is 12.1 Å². The van der Waals surface area contributed by atoms with Crippen molar-refractivity contribution < 1.29 is 8.37 Å². The maximum absolute atomic E-state index is 5.22. The van der Waals surface area contributed by atoms with Gasteiger partial charge < -0.3 is 8.37 Å². The lowest BCUT2D eigenvalue weighted by Gasteiger charge is -1.91. The third-order valence-electron chi connectivity index (χ3n) is 2.67. The lowest BCUT2D eigenvalue weighted by molar-refractivity contribution is 0.660. The Balaban J connectivity index is 0.000000111. The molecule has 2 aromatic rings. The van der Waals surface area contributed by atoms with Crippen molar-refractivity contribution in [2.24, 2.45) is 0 Å². The van der Waals surface area contributed by atoms with Crippen LogP contribution in [-0.4, -0.2) is 0 Å². The molecule has 0 aromatic heterocycles. The molecule has 92 valence electrons. The molecule has 0 saturated heterocycles. The maximum atomic E-state index is 5.22. The SMILES string of the molecule is c1ccc2c(c1)CSO2.c1ccc2c(c1)CSO2. The minimum Gasteiger partial charge on any atom is -0.425 e. The van der Waals surface area contributed by atoms with Crippen molar-refractivity contribution >= 4 is 24.1 Å². The Labute approximate surface area is 115 Å². The van der Waals surface area contributed by atoms with Crippen molar-refractivity contribution in [3.05, 3.63) is 59.7 Å². The molecule has 0 N–H and O–H groups in total. The Kier molecular flexibility index (Phi) is 3.67. The van der Waals surface area contributed by atoms with E-state index in [1.54, 1.807) is 0 Å². The summed E-state index contributed by atoms with van der Waals surface area (Å²) < 4.78 is 10.4. The molecule has 2 heterocycles. The van der Waals surface area contributed by atoms with Gasteiger partial charge >= 0.3 is 0 Å². The van der Waals surface area contributed by atoms with Crippen molar-refractivity contribution in [3.8, 4) is 11.5 Å². The van der Waals surface area contributed by atoms with E-state index in [2.05, 4.69) is 12.1 Å². The minimum absolute atomic E-state index is 0.996. The fraction of sp³-hybridized carbons (Fsp3) is 0.143. The summed E-state index contributed by atoms with van der Waals surface area (Å²) in [6, 6.07) is 16.2. The van der Waals surface area contributed by atoms with Crippen LogP contribution in [0.3, 0.4) is 0 Å². The normalized spacial score (nSPS) is 14.7. The largest absolute Gasteiger partial charge is 0.425 e. The summed E-state index contributed by atoms with van der Waals surface area (Å²) in [5.74, 6) is 4.05. The van der Waals surface area contributed by atoms with Crippen molar-refractivity contribution in [1.82, 2.24) is 0 Å². The first-order valence-electron chi connectivity index (χ1n) is 5.68. The van der Waals surface area contributed by atoms with Crippen LogP contribution in [-0.2, 0) is 11.5 Å². The van der Waals surface area contributed by atoms with Crippen LogP contribution in [0.2, 0.25) is 0 Å². The molecule has 0 saturated carbocycles. The van der Waals surface area contributed by atoms with E-state index in [4.69, 9.17) is 8.37 Å². The molecule has 0 atom stereocenters. The quantitative estimate of drug-likeness (QED) is 0.661. The lowest BCUT2D eigenvalue weighted by Crippen LogP contribution is -1.71. The molecule has 0 unspecified atom stereocenters. The summed E-state index contributed by atoms with van der Waals surface area (Å²) in [4.78, 5) is 0. The summed E-state index contributed by atoms with van der Waals surface area (Å²) in [6.45, 7) is 0. The zero-order valence-corrected chi connectivity index (χ0v) is 11.3. The van der Waals surface area contributed by atoms with Gasteiger partial charge in [-0.2, -0.15) is 0 Å². The van der Waals surface area contributed by atoms with Gasteiger partial charge in [0.2, 0.25) is 0 Å². The van der Waals surface area contributed by atoms with E-state index in [1.165, 1.54) is 35.2 Å². The van der Waals surface area contributed by atoms with E-state index < -0.39 is 0 Å². The van der Waals surface area contributed by atoms with Gasteiger partial charge in [0.05, 0.1) is 35.6 Å². The van der Waals surface area contributed by atoms with Crippen molar-refractivity contribution in [1.29, 1.82) is 0 Å². The topological polar surface area (TPSA) is 18.5 Å². The number of benzene rings is 2. The second-order valence-electron chi connectivity index (χ2n) is 3.91. The summed E-state index contributed by atoms with van der Waals surface area (Å²) in [5, 5.41) is 0. The van der Waals surface area contributed by atoms with Crippen LogP contribution in [0.4, 0.5) is 0 Å². The third-order valence-corrected chi connectivity index (χ3v) is 4.12. The molecular formula is C14H12O2S2. The smallest absolute Gasteiger partial charge is 0.141 e. The maximum Gasteiger partial charge on any atom is 0.141 e. The third kappa shape index (κ3) is 2.60. The summed E-state index contributed by atoms with van der Waals surface area (Å²) in [5.41, 5.74) is 2.62. The predicted octanol–water partition coefficient (Wildman–Crippen LogP) is 4.45.